The molecule has 1 heterocycles. The fourth-order valence-electron chi connectivity index (χ4n) is 3.32. The van der Waals surface area contributed by atoms with Gasteiger partial charge in [0.25, 0.3) is 11.6 Å². The van der Waals surface area contributed by atoms with Crippen molar-refractivity contribution in [2.45, 2.75) is 13.1 Å². The summed E-state index contributed by atoms with van der Waals surface area (Å²) in [6, 6.07) is 7.51. The first-order valence-electron chi connectivity index (χ1n) is 9.33. The zero-order valence-electron chi connectivity index (χ0n) is 16.5. The largest absolute Gasteiger partial charge is 0.483 e. The quantitative estimate of drug-likeness (QED) is 0.494. The van der Waals surface area contributed by atoms with Gasteiger partial charge in [-0.15, -0.1) is 0 Å². The molecule has 166 valence electrons. The molecule has 0 spiro atoms. The van der Waals surface area contributed by atoms with Crippen molar-refractivity contribution in [3.63, 3.8) is 0 Å². The van der Waals surface area contributed by atoms with Crippen LogP contribution in [0.2, 0.25) is 5.02 Å². The summed E-state index contributed by atoms with van der Waals surface area (Å²) in [5.41, 5.74) is -0.805. The fourth-order valence-corrected chi connectivity index (χ4v) is 3.54. The van der Waals surface area contributed by atoms with E-state index in [1.807, 2.05) is 0 Å². The van der Waals surface area contributed by atoms with E-state index in [1.165, 1.54) is 0 Å². The number of anilines is 1. The number of hydrogen-bond acceptors (Lipinski definition) is 5. The third-order valence-electron chi connectivity index (χ3n) is 4.96. The van der Waals surface area contributed by atoms with Crippen molar-refractivity contribution in [2.75, 3.05) is 37.7 Å². The molecule has 1 saturated heterocycles. The summed E-state index contributed by atoms with van der Waals surface area (Å²) in [4.78, 5) is 26.1. The van der Waals surface area contributed by atoms with Crippen molar-refractivity contribution in [3.8, 4) is 5.75 Å². The molecular weight excluding hydrogens is 439 g/mol. The number of aryl methyl sites for hydroxylation is 1. The fraction of sp³-hybridized carbons (Fsp3) is 0.350. The number of nitro benzene ring substituents is 1. The first-order chi connectivity index (χ1) is 14.6. The lowest BCUT2D eigenvalue weighted by Crippen LogP contribution is -2.50. The molecule has 0 N–H and O–H groups in total. The molecule has 0 unspecified atom stereocenters. The monoisotopic (exact) mass is 457 g/mol. The number of piperazine rings is 1. The predicted molar refractivity (Wildman–Crippen MR) is 109 cm³/mol. The number of halogens is 4. The SMILES string of the molecule is Cc1cc(Cl)ccc1OCC(=O)N1CCN(c2ccc(C(F)(F)F)cc2[N+](=O)[O-])CC1. The van der Waals surface area contributed by atoms with E-state index >= 15 is 0 Å². The molecule has 0 atom stereocenters. The second kappa shape index (κ2) is 9.01. The lowest BCUT2D eigenvalue weighted by Gasteiger charge is -2.35. The highest BCUT2D eigenvalue weighted by Gasteiger charge is 2.34. The van der Waals surface area contributed by atoms with Crippen LogP contribution in [0.1, 0.15) is 11.1 Å². The molecule has 0 aliphatic carbocycles. The van der Waals surface area contributed by atoms with E-state index in [0.717, 1.165) is 17.7 Å². The maximum absolute atomic E-state index is 12.9. The van der Waals surface area contributed by atoms with Crippen LogP contribution in [0.4, 0.5) is 24.5 Å². The summed E-state index contributed by atoms with van der Waals surface area (Å²) >= 11 is 5.89. The highest BCUT2D eigenvalue weighted by Crippen LogP contribution is 2.36. The van der Waals surface area contributed by atoms with Gasteiger partial charge in [0.1, 0.15) is 11.4 Å². The van der Waals surface area contributed by atoms with Gasteiger partial charge in [-0.05, 0) is 42.8 Å². The highest BCUT2D eigenvalue weighted by molar-refractivity contribution is 6.30. The topological polar surface area (TPSA) is 75.9 Å². The van der Waals surface area contributed by atoms with Gasteiger partial charge in [-0.2, -0.15) is 13.2 Å². The average Bonchev–Trinajstić information content (AvgIpc) is 2.72. The Morgan fingerprint density at radius 3 is 2.42 bits per heavy atom. The maximum atomic E-state index is 12.9. The van der Waals surface area contributed by atoms with E-state index in [1.54, 1.807) is 34.9 Å². The van der Waals surface area contributed by atoms with E-state index in [2.05, 4.69) is 0 Å². The number of alkyl halides is 3. The molecule has 1 aliphatic heterocycles. The minimum atomic E-state index is -4.67. The first-order valence-corrected chi connectivity index (χ1v) is 9.71. The van der Waals surface area contributed by atoms with Gasteiger partial charge in [0, 0.05) is 37.3 Å². The van der Waals surface area contributed by atoms with Crippen LogP contribution in [0, 0.1) is 17.0 Å². The average molecular weight is 458 g/mol. The van der Waals surface area contributed by atoms with Crippen molar-refractivity contribution in [1.82, 2.24) is 4.90 Å². The molecule has 2 aromatic rings. The summed E-state index contributed by atoms with van der Waals surface area (Å²) in [6.45, 7) is 2.65. The van der Waals surface area contributed by atoms with Crippen molar-refractivity contribution >= 4 is 28.9 Å². The molecule has 0 aromatic heterocycles. The van der Waals surface area contributed by atoms with Gasteiger partial charge in [-0.1, -0.05) is 11.6 Å². The molecule has 7 nitrogen and oxygen atoms in total. The van der Waals surface area contributed by atoms with E-state index in [4.69, 9.17) is 16.3 Å². The van der Waals surface area contributed by atoms with Crippen molar-refractivity contribution in [2.24, 2.45) is 0 Å². The second-order valence-electron chi connectivity index (χ2n) is 7.02. The van der Waals surface area contributed by atoms with Gasteiger partial charge in [-0.3, -0.25) is 14.9 Å². The van der Waals surface area contributed by atoms with Crippen LogP contribution in [0.5, 0.6) is 5.75 Å². The standard InChI is InChI=1S/C20H19ClF3N3O4/c1-13-10-15(21)3-5-18(13)31-12-19(28)26-8-6-25(7-9-26)16-4-2-14(20(22,23)24)11-17(16)27(29)30/h2-5,10-11H,6-9,12H2,1H3. The molecule has 2 aromatic carbocycles. The maximum Gasteiger partial charge on any atom is 0.416 e. The summed E-state index contributed by atoms with van der Waals surface area (Å²) in [6.07, 6.45) is -4.67. The molecule has 1 amide bonds. The van der Waals surface area contributed by atoms with Gasteiger partial charge in [-0.25, -0.2) is 0 Å². The van der Waals surface area contributed by atoms with Gasteiger partial charge in [0.2, 0.25) is 0 Å². The van der Waals surface area contributed by atoms with Crippen LogP contribution in [-0.4, -0.2) is 48.5 Å². The molecule has 3 rings (SSSR count). The molecule has 11 heteroatoms. The lowest BCUT2D eigenvalue weighted by molar-refractivity contribution is -0.384. The summed E-state index contributed by atoms with van der Waals surface area (Å²) < 4.78 is 44.2. The zero-order valence-corrected chi connectivity index (χ0v) is 17.2. The number of carbonyl (C=O) groups excluding carboxylic acids is 1. The molecule has 0 saturated carbocycles. The minimum absolute atomic E-state index is 0.0955. The Balaban J connectivity index is 1.62. The third kappa shape index (κ3) is 5.38. The van der Waals surface area contributed by atoms with Gasteiger partial charge in [0.15, 0.2) is 6.61 Å². The molecular formula is C20H19ClF3N3O4. The number of benzene rings is 2. The van der Waals surface area contributed by atoms with Crippen LogP contribution in [0.25, 0.3) is 0 Å². The highest BCUT2D eigenvalue weighted by atomic mass is 35.5. The van der Waals surface area contributed by atoms with Crippen LogP contribution in [0.3, 0.4) is 0 Å². The van der Waals surface area contributed by atoms with E-state index < -0.39 is 22.4 Å². The Morgan fingerprint density at radius 2 is 1.84 bits per heavy atom. The molecule has 0 radical (unpaired) electrons. The van der Waals surface area contributed by atoms with Crippen molar-refractivity contribution < 1.29 is 27.6 Å². The van der Waals surface area contributed by atoms with Crippen molar-refractivity contribution in [3.05, 3.63) is 62.7 Å². The second-order valence-corrected chi connectivity index (χ2v) is 7.46. The van der Waals surface area contributed by atoms with Gasteiger partial charge < -0.3 is 14.5 Å². The smallest absolute Gasteiger partial charge is 0.416 e. The number of carbonyl (C=O) groups is 1. The lowest BCUT2D eigenvalue weighted by atomic mass is 10.1. The van der Waals surface area contributed by atoms with Crippen LogP contribution in [0.15, 0.2) is 36.4 Å². The summed E-state index contributed by atoms with van der Waals surface area (Å²) in [5.74, 6) is 0.285. The Bertz CT molecular complexity index is 992. The summed E-state index contributed by atoms with van der Waals surface area (Å²) in [7, 11) is 0. The Kier molecular flexibility index (Phi) is 6.59. The van der Waals surface area contributed by atoms with Gasteiger partial charge >= 0.3 is 6.18 Å². The predicted octanol–water partition coefficient (Wildman–Crippen LogP) is 4.30. The first kappa shape index (κ1) is 22.7. The molecule has 0 bridgehead atoms. The van der Waals surface area contributed by atoms with Crippen molar-refractivity contribution in [1.29, 1.82) is 0 Å². The summed E-state index contributed by atoms with van der Waals surface area (Å²) in [5, 5.41) is 11.9. The minimum Gasteiger partial charge on any atom is -0.483 e. The number of amides is 1. The Morgan fingerprint density at radius 1 is 1.16 bits per heavy atom. The number of hydrogen-bond donors (Lipinski definition) is 0. The molecule has 31 heavy (non-hydrogen) atoms. The van der Waals surface area contributed by atoms with E-state index in [-0.39, 0.29) is 44.4 Å². The normalized spacial score (nSPS) is 14.5. The number of rotatable bonds is 5. The third-order valence-corrected chi connectivity index (χ3v) is 5.20. The number of ether oxygens (including phenoxy) is 1. The Hall–Kier alpha value is -3.01. The molecule has 1 aliphatic rings. The zero-order chi connectivity index (χ0) is 22.8. The van der Waals surface area contributed by atoms with Crippen LogP contribution < -0.4 is 9.64 Å². The van der Waals surface area contributed by atoms with E-state index in [9.17, 15) is 28.1 Å². The van der Waals surface area contributed by atoms with Gasteiger partial charge in [0.05, 0.1) is 10.5 Å². The van der Waals surface area contributed by atoms with Crippen LogP contribution >= 0.6 is 11.6 Å². The number of nitrogens with zero attached hydrogens (tertiary/aromatic N) is 3. The van der Waals surface area contributed by atoms with E-state index in [0.29, 0.717) is 16.8 Å². The number of nitro groups is 1. The molecule has 1 fully saturated rings. The Labute approximate surface area is 181 Å². The van der Waals surface area contributed by atoms with Crippen LogP contribution in [-0.2, 0) is 11.0 Å².